The van der Waals surface area contributed by atoms with Crippen LogP contribution in [0.2, 0.25) is 0 Å². The van der Waals surface area contributed by atoms with Gasteiger partial charge >= 0.3 is 0 Å². The third-order valence-corrected chi connectivity index (χ3v) is 7.85. The Kier molecular flexibility index (Phi) is 8.21. The minimum atomic E-state index is -1.36. The molecule has 0 saturated carbocycles. The number of carbonyl (C=O) groups excluding carboxylic acids is 1. The van der Waals surface area contributed by atoms with E-state index in [-0.39, 0.29) is 12.2 Å². The van der Waals surface area contributed by atoms with Gasteiger partial charge in [-0.3, -0.25) is 4.79 Å². The average molecular weight is 547 g/mol. The molecule has 4 atom stereocenters. The van der Waals surface area contributed by atoms with E-state index in [9.17, 15) is 25.4 Å². The Bertz CT molecular complexity index is 1470. The summed E-state index contributed by atoms with van der Waals surface area (Å²) in [6.45, 7) is 4.39. The lowest BCUT2D eigenvalue weighted by Crippen LogP contribution is -2.60. The molecule has 0 aliphatic carbocycles. The Morgan fingerprint density at radius 1 is 1.07 bits per heavy atom. The number of rotatable bonds is 6. The van der Waals surface area contributed by atoms with Gasteiger partial charge in [-0.1, -0.05) is 18.2 Å². The predicted molar refractivity (Wildman–Crippen MR) is 150 cm³/mol. The molecular formula is C30H34N4O6. The summed E-state index contributed by atoms with van der Waals surface area (Å²) in [5.74, 6) is -0.674. The van der Waals surface area contributed by atoms with E-state index >= 15 is 0 Å². The first-order valence-electron chi connectivity index (χ1n) is 13.4. The molecule has 0 unspecified atom stereocenters. The molecule has 0 spiro atoms. The first-order valence-corrected chi connectivity index (χ1v) is 13.4. The third-order valence-electron chi connectivity index (χ3n) is 7.85. The van der Waals surface area contributed by atoms with Crippen LogP contribution in [0.4, 0.5) is 5.69 Å². The summed E-state index contributed by atoms with van der Waals surface area (Å²) in [4.78, 5) is 15.4. The summed E-state index contributed by atoms with van der Waals surface area (Å²) < 4.78 is 12.7. The molecule has 2 saturated heterocycles. The van der Waals surface area contributed by atoms with Gasteiger partial charge in [-0.15, -0.1) is 0 Å². The highest BCUT2D eigenvalue weighted by molar-refractivity contribution is 6.04. The van der Waals surface area contributed by atoms with Gasteiger partial charge in [0, 0.05) is 37.2 Å². The molecule has 0 bridgehead atoms. The zero-order valence-corrected chi connectivity index (χ0v) is 22.6. The van der Waals surface area contributed by atoms with Crippen LogP contribution >= 0.6 is 0 Å². The fraction of sp³-hybridized carbons (Fsp3) is 0.400. The van der Waals surface area contributed by atoms with Gasteiger partial charge in [0.05, 0.1) is 32.5 Å². The zero-order valence-electron chi connectivity index (χ0n) is 22.6. The molecule has 1 amide bonds. The molecule has 5 rings (SSSR count). The zero-order chi connectivity index (χ0) is 28.4. The molecule has 210 valence electrons. The predicted octanol–water partition coefficient (Wildman–Crippen LogP) is 1.58. The van der Waals surface area contributed by atoms with E-state index in [1.54, 1.807) is 6.92 Å². The molecule has 2 fully saturated rings. The van der Waals surface area contributed by atoms with E-state index in [0.29, 0.717) is 11.3 Å². The number of hydrogen-bond acceptors (Lipinski definition) is 8. The van der Waals surface area contributed by atoms with E-state index in [1.165, 1.54) is 5.69 Å². The van der Waals surface area contributed by atoms with Gasteiger partial charge in [0.2, 0.25) is 0 Å². The van der Waals surface area contributed by atoms with Crippen LogP contribution in [0.25, 0.3) is 27.6 Å². The highest BCUT2D eigenvalue weighted by Crippen LogP contribution is 2.31. The highest BCUT2D eigenvalue weighted by Gasteiger charge is 2.39. The number of aliphatic hydroxyl groups is 3. The Morgan fingerprint density at radius 2 is 1.80 bits per heavy atom. The van der Waals surface area contributed by atoms with E-state index in [4.69, 9.17) is 9.47 Å². The Labute approximate surface area is 232 Å². The number of ether oxygens (including phenoxy) is 2. The van der Waals surface area contributed by atoms with Gasteiger partial charge in [0.25, 0.3) is 5.91 Å². The number of hydrogen-bond donors (Lipinski definition) is 4. The van der Waals surface area contributed by atoms with Crippen molar-refractivity contribution in [1.82, 2.24) is 9.88 Å². The Balaban J connectivity index is 1.37. The summed E-state index contributed by atoms with van der Waals surface area (Å²) in [5.41, 5.74) is 4.19. The molecular weight excluding hydrogens is 512 g/mol. The smallest absolute Gasteiger partial charge is 0.262 e. The van der Waals surface area contributed by atoms with Gasteiger partial charge in [-0.25, -0.2) is 0 Å². The summed E-state index contributed by atoms with van der Waals surface area (Å²) in [6.07, 6.45) is -3.63. The van der Waals surface area contributed by atoms with Crippen molar-refractivity contribution in [1.29, 1.82) is 5.26 Å². The van der Waals surface area contributed by atoms with Crippen molar-refractivity contribution in [2.75, 3.05) is 44.4 Å². The normalized spacial score (nSPS) is 23.9. The van der Waals surface area contributed by atoms with Crippen molar-refractivity contribution < 1.29 is 29.6 Å². The number of amides is 1. The van der Waals surface area contributed by atoms with Crippen LogP contribution in [0.15, 0.2) is 54.1 Å². The molecule has 2 aliphatic rings. The second kappa shape index (κ2) is 11.8. The number of anilines is 1. The molecule has 3 heterocycles. The number of aliphatic hydroxyl groups excluding tert-OH is 3. The van der Waals surface area contributed by atoms with Crippen molar-refractivity contribution >= 4 is 27.9 Å². The Morgan fingerprint density at radius 3 is 2.52 bits per heavy atom. The monoisotopic (exact) mass is 546 g/mol. The first kappa shape index (κ1) is 27.8. The molecule has 2 aromatic carbocycles. The highest BCUT2D eigenvalue weighted by atomic mass is 16.5. The minimum absolute atomic E-state index is 0.100. The van der Waals surface area contributed by atoms with Gasteiger partial charge in [-0.05, 0) is 59.2 Å². The van der Waals surface area contributed by atoms with Crippen molar-refractivity contribution in [3.63, 3.8) is 0 Å². The third kappa shape index (κ3) is 5.35. The van der Waals surface area contributed by atoms with Gasteiger partial charge in [0.1, 0.15) is 30.0 Å². The van der Waals surface area contributed by atoms with Crippen LogP contribution in [-0.2, 0) is 21.3 Å². The summed E-state index contributed by atoms with van der Waals surface area (Å²) in [5, 5.41) is 44.4. The lowest BCUT2D eigenvalue weighted by Gasteiger charge is -2.37. The lowest BCUT2D eigenvalue weighted by molar-refractivity contribution is -0.163. The van der Waals surface area contributed by atoms with E-state index < -0.39 is 36.9 Å². The quantitative estimate of drug-likeness (QED) is 0.270. The lowest BCUT2D eigenvalue weighted by atomic mass is 9.97. The molecule has 3 aromatic rings. The van der Waals surface area contributed by atoms with Crippen molar-refractivity contribution in [3.05, 3.63) is 59.8 Å². The maximum Gasteiger partial charge on any atom is 0.262 e. The number of aromatic nitrogens is 1. The standard InChI is InChI=1S/C30H34N4O6/c1-18(23(15-31)30(38)32-24-17-40-27(16-35)29(37)28(24)36)25-7-8-26(33(25)2)21-4-3-20-14-22(6-5-19(20)13-21)34-9-11-39-12-10-34/h3-8,13-14,24,27-29,35-37H,9-12,16-17H2,1-2H3,(H,32,38)/b23-18+/t24-,27+,28+,29+/m0/s1. The number of morpholine rings is 1. The van der Waals surface area contributed by atoms with Crippen LogP contribution in [-0.4, -0.2) is 89.7 Å². The fourth-order valence-electron chi connectivity index (χ4n) is 5.43. The first-order chi connectivity index (χ1) is 19.3. The second-order valence-corrected chi connectivity index (χ2v) is 10.2. The Hall–Kier alpha value is -3.72. The topological polar surface area (TPSA) is 140 Å². The van der Waals surface area contributed by atoms with Gasteiger partial charge < -0.3 is 39.6 Å². The number of nitriles is 1. The largest absolute Gasteiger partial charge is 0.394 e. The van der Waals surface area contributed by atoms with Crippen LogP contribution < -0.4 is 10.2 Å². The SMILES string of the molecule is C/C(=C(/C#N)C(=O)N[C@H]1CO[C@H](CO)[C@@H](O)[C@@H]1O)c1ccc(-c2ccc3cc(N4CCOCC4)ccc3c2)n1C. The van der Waals surface area contributed by atoms with Crippen molar-refractivity contribution in [2.45, 2.75) is 31.3 Å². The molecule has 0 radical (unpaired) electrons. The average Bonchev–Trinajstić information content (AvgIpc) is 3.37. The molecule has 2 aliphatic heterocycles. The summed E-state index contributed by atoms with van der Waals surface area (Å²) >= 11 is 0. The number of carbonyl (C=O) groups is 1. The van der Waals surface area contributed by atoms with Gasteiger partial charge in [-0.2, -0.15) is 5.26 Å². The number of nitrogens with one attached hydrogen (secondary N) is 1. The number of fused-ring (bicyclic) bond motifs is 1. The van der Waals surface area contributed by atoms with Crippen LogP contribution in [0.3, 0.4) is 0 Å². The number of nitrogens with zero attached hydrogens (tertiary/aromatic N) is 3. The van der Waals surface area contributed by atoms with Crippen LogP contribution in [0.1, 0.15) is 12.6 Å². The summed E-state index contributed by atoms with van der Waals surface area (Å²) in [6, 6.07) is 17.6. The van der Waals surface area contributed by atoms with Crippen LogP contribution in [0, 0.1) is 11.3 Å². The van der Waals surface area contributed by atoms with Crippen LogP contribution in [0.5, 0.6) is 0 Å². The summed E-state index contributed by atoms with van der Waals surface area (Å²) in [7, 11) is 1.89. The minimum Gasteiger partial charge on any atom is -0.394 e. The molecule has 4 N–H and O–H groups in total. The number of benzene rings is 2. The van der Waals surface area contributed by atoms with Crippen molar-refractivity contribution in [2.24, 2.45) is 7.05 Å². The number of allylic oxidation sites excluding steroid dienone is 1. The fourth-order valence-corrected chi connectivity index (χ4v) is 5.43. The maximum absolute atomic E-state index is 13.0. The molecule has 40 heavy (non-hydrogen) atoms. The maximum atomic E-state index is 13.0. The van der Waals surface area contributed by atoms with E-state index in [1.807, 2.05) is 29.8 Å². The van der Waals surface area contributed by atoms with E-state index in [2.05, 4.69) is 46.6 Å². The molecule has 10 heteroatoms. The van der Waals surface area contributed by atoms with Crippen molar-refractivity contribution in [3.8, 4) is 17.3 Å². The van der Waals surface area contributed by atoms with E-state index in [0.717, 1.165) is 48.3 Å². The second-order valence-electron chi connectivity index (χ2n) is 10.2. The molecule has 10 nitrogen and oxygen atoms in total. The molecule has 1 aromatic heterocycles. The van der Waals surface area contributed by atoms with Gasteiger partial charge in [0.15, 0.2) is 0 Å².